The van der Waals surface area contributed by atoms with Crippen molar-refractivity contribution >= 4 is 17.8 Å². The maximum absolute atomic E-state index is 14.3. The van der Waals surface area contributed by atoms with Crippen molar-refractivity contribution in [1.29, 1.82) is 5.26 Å². The largest absolute Gasteiger partial charge is 0.495 e. The lowest BCUT2D eigenvalue weighted by atomic mass is 9.78. The quantitative estimate of drug-likeness (QED) is 0.276. The van der Waals surface area contributed by atoms with Crippen LogP contribution >= 0.6 is 0 Å². The van der Waals surface area contributed by atoms with Crippen molar-refractivity contribution in [2.24, 2.45) is 11.8 Å². The molecule has 1 aliphatic heterocycles. The van der Waals surface area contributed by atoms with E-state index in [0.717, 1.165) is 36.8 Å². The van der Waals surface area contributed by atoms with Gasteiger partial charge < -0.3 is 23.9 Å². The molecule has 11 heteroatoms. The number of amides is 2. The van der Waals surface area contributed by atoms with Gasteiger partial charge in [0.1, 0.15) is 35.7 Å². The first-order valence-electron chi connectivity index (χ1n) is 17.2. The fourth-order valence-corrected chi connectivity index (χ4v) is 7.18. The van der Waals surface area contributed by atoms with Crippen LogP contribution in [0.4, 0.5) is 10.6 Å². The van der Waals surface area contributed by atoms with Crippen LogP contribution in [-0.2, 0) is 9.53 Å². The Morgan fingerprint density at radius 2 is 1.83 bits per heavy atom. The second-order valence-electron chi connectivity index (χ2n) is 13.8. The number of carbonyl (C=O) groups excluding carboxylic acids is 2. The van der Waals surface area contributed by atoms with Crippen molar-refractivity contribution in [3.05, 3.63) is 59.8 Å². The van der Waals surface area contributed by atoms with E-state index >= 15 is 0 Å². The second-order valence-corrected chi connectivity index (χ2v) is 13.8. The normalized spacial score (nSPS) is 22.9. The zero-order chi connectivity index (χ0) is 33.8. The first-order valence-corrected chi connectivity index (χ1v) is 17.2. The zero-order valence-electron chi connectivity index (χ0n) is 28.0. The number of carbonyl (C=O) groups is 2. The Morgan fingerprint density at radius 1 is 1.08 bits per heavy atom. The maximum atomic E-state index is 14.3. The van der Waals surface area contributed by atoms with E-state index in [1.54, 1.807) is 19.6 Å². The third kappa shape index (κ3) is 7.49. The van der Waals surface area contributed by atoms with Crippen LogP contribution in [0.5, 0.6) is 5.75 Å². The lowest BCUT2D eigenvalue weighted by Crippen LogP contribution is -2.54. The third-order valence-electron chi connectivity index (χ3n) is 10.1. The number of oxazole rings is 1. The number of β-amino-alcohol motifs (C(OH)–C–C–N with tert-alkyl or cyclic N) is 1. The number of nitriles is 1. The summed E-state index contributed by atoms with van der Waals surface area (Å²) in [7, 11) is 1.58. The van der Waals surface area contributed by atoms with Gasteiger partial charge in [-0.15, -0.1) is 0 Å². The molecule has 0 bridgehead atoms. The minimum atomic E-state index is -0.473. The van der Waals surface area contributed by atoms with Gasteiger partial charge in [-0.2, -0.15) is 5.26 Å². The molecule has 3 heterocycles. The molecule has 1 N–H and O–H groups in total. The van der Waals surface area contributed by atoms with Gasteiger partial charge >= 0.3 is 6.09 Å². The lowest BCUT2D eigenvalue weighted by Gasteiger charge is -2.38. The van der Waals surface area contributed by atoms with E-state index < -0.39 is 6.10 Å². The maximum Gasteiger partial charge on any atom is 0.410 e. The first kappa shape index (κ1) is 33.5. The van der Waals surface area contributed by atoms with Crippen LogP contribution in [0, 0.1) is 23.2 Å². The SMILES string of the molecule is COc1ccc([C@H]2CC[C@H](CN(c3cc(-c4coc(C(C)C)n4)ccn3)C(=O)[C@H]3CC[C@H](OC(=O)N4CC(O)C4)CC3)CC2)cc1C#N. The number of benzene rings is 1. The molecule has 2 aliphatic carbocycles. The summed E-state index contributed by atoms with van der Waals surface area (Å²) in [6.45, 7) is 5.25. The van der Waals surface area contributed by atoms with Gasteiger partial charge in [-0.05, 0) is 93.0 Å². The van der Waals surface area contributed by atoms with Gasteiger partial charge in [0.2, 0.25) is 5.91 Å². The van der Waals surface area contributed by atoms with Crippen LogP contribution in [-0.4, -0.2) is 70.9 Å². The van der Waals surface area contributed by atoms with Gasteiger partial charge in [-0.25, -0.2) is 14.8 Å². The van der Waals surface area contributed by atoms with E-state index in [1.807, 2.05) is 43.0 Å². The number of hydrogen-bond acceptors (Lipinski definition) is 9. The molecule has 3 aromatic rings. The molecule has 0 radical (unpaired) electrons. The molecule has 1 saturated heterocycles. The van der Waals surface area contributed by atoms with Crippen molar-refractivity contribution in [3.8, 4) is 23.1 Å². The standard InChI is InChI=1S/C37H45N5O6/c1-23(2)35-40-32(22-47-35)28-14-15-39-34(17-28)42(36(44)26-8-11-31(12-9-26)48-37(45)41-20-30(43)21-41)19-24-4-6-25(7-5-24)27-10-13-33(46-3)29(16-27)18-38/h10,13-17,22-26,30-31,43H,4-9,11-12,19-21H2,1-3H3/t24-,25-,26-,31-. The third-order valence-corrected chi connectivity index (χ3v) is 10.1. The average Bonchev–Trinajstić information content (AvgIpc) is 3.60. The van der Waals surface area contributed by atoms with Gasteiger partial charge in [-0.3, -0.25) is 9.69 Å². The van der Waals surface area contributed by atoms with Gasteiger partial charge in [0, 0.05) is 30.1 Å². The highest BCUT2D eigenvalue weighted by molar-refractivity contribution is 5.94. The molecule has 2 saturated carbocycles. The number of anilines is 1. The Kier molecular flexibility index (Phi) is 10.3. The van der Waals surface area contributed by atoms with Gasteiger partial charge in [0.25, 0.3) is 0 Å². The van der Waals surface area contributed by atoms with Gasteiger partial charge in [-0.1, -0.05) is 19.9 Å². The summed E-state index contributed by atoms with van der Waals surface area (Å²) in [5.74, 6) is 2.52. The van der Waals surface area contributed by atoms with E-state index in [2.05, 4.69) is 17.1 Å². The average molecular weight is 656 g/mol. The molecule has 2 amide bonds. The number of hydrogen-bond donors (Lipinski definition) is 1. The molecule has 3 aliphatic rings. The Morgan fingerprint density at radius 3 is 2.48 bits per heavy atom. The number of aliphatic hydroxyl groups is 1. The minimum Gasteiger partial charge on any atom is -0.495 e. The van der Waals surface area contributed by atoms with Crippen LogP contribution in [0.25, 0.3) is 11.3 Å². The Labute approximate surface area is 281 Å². The smallest absolute Gasteiger partial charge is 0.410 e. The molecule has 0 atom stereocenters. The van der Waals surface area contributed by atoms with E-state index in [4.69, 9.17) is 18.9 Å². The molecule has 48 heavy (non-hydrogen) atoms. The predicted octanol–water partition coefficient (Wildman–Crippen LogP) is 6.42. The van der Waals surface area contributed by atoms with Crippen molar-refractivity contribution in [1.82, 2.24) is 14.9 Å². The molecule has 254 valence electrons. The fraction of sp³-hybridized carbons (Fsp3) is 0.541. The van der Waals surface area contributed by atoms with Crippen LogP contribution in [0.1, 0.15) is 94.1 Å². The molecule has 11 nitrogen and oxygen atoms in total. The Hall–Kier alpha value is -4.43. The van der Waals surface area contributed by atoms with E-state index in [-0.39, 0.29) is 29.9 Å². The minimum absolute atomic E-state index is 0.0502. The highest BCUT2D eigenvalue weighted by atomic mass is 16.6. The molecular weight excluding hydrogens is 610 g/mol. The van der Waals surface area contributed by atoms with Crippen LogP contribution in [0.15, 0.2) is 47.2 Å². The molecule has 0 unspecified atom stereocenters. The monoisotopic (exact) mass is 655 g/mol. The van der Waals surface area contributed by atoms with Crippen LogP contribution in [0.3, 0.4) is 0 Å². The highest BCUT2D eigenvalue weighted by Gasteiger charge is 2.36. The topological polar surface area (TPSA) is 142 Å². The highest BCUT2D eigenvalue weighted by Crippen LogP contribution is 2.39. The number of aliphatic hydroxyl groups excluding tert-OH is 1. The number of methoxy groups -OCH3 is 1. The summed E-state index contributed by atoms with van der Waals surface area (Å²) in [4.78, 5) is 39.5. The number of pyridine rings is 1. The predicted molar refractivity (Wildman–Crippen MR) is 178 cm³/mol. The second kappa shape index (κ2) is 14.8. The molecule has 2 aromatic heterocycles. The van der Waals surface area contributed by atoms with E-state index in [1.165, 1.54) is 4.90 Å². The Balaban J connectivity index is 1.15. The number of rotatable bonds is 9. The van der Waals surface area contributed by atoms with E-state index in [0.29, 0.717) is 85.9 Å². The lowest BCUT2D eigenvalue weighted by molar-refractivity contribution is -0.124. The van der Waals surface area contributed by atoms with Crippen LogP contribution in [0.2, 0.25) is 0 Å². The molecular formula is C37H45N5O6. The number of nitrogens with zero attached hydrogens (tertiary/aromatic N) is 5. The first-order chi connectivity index (χ1) is 23.2. The molecule has 3 fully saturated rings. The molecule has 6 rings (SSSR count). The van der Waals surface area contributed by atoms with Gasteiger partial charge in [0.05, 0.1) is 31.9 Å². The summed E-state index contributed by atoms with van der Waals surface area (Å²) in [6, 6.07) is 12.0. The summed E-state index contributed by atoms with van der Waals surface area (Å²) in [6.07, 6.45) is 8.64. The van der Waals surface area contributed by atoms with E-state index in [9.17, 15) is 20.0 Å². The van der Waals surface area contributed by atoms with Gasteiger partial charge in [0.15, 0.2) is 5.89 Å². The summed E-state index contributed by atoms with van der Waals surface area (Å²) in [5, 5.41) is 19.1. The Bertz CT molecular complexity index is 1630. The summed E-state index contributed by atoms with van der Waals surface area (Å²) < 4.78 is 16.7. The number of ether oxygens (including phenoxy) is 2. The number of aromatic nitrogens is 2. The summed E-state index contributed by atoms with van der Waals surface area (Å²) in [5.41, 5.74) is 3.26. The summed E-state index contributed by atoms with van der Waals surface area (Å²) >= 11 is 0. The zero-order valence-corrected chi connectivity index (χ0v) is 28.0. The van der Waals surface area contributed by atoms with Crippen molar-refractivity contribution in [3.63, 3.8) is 0 Å². The van der Waals surface area contributed by atoms with Crippen molar-refractivity contribution in [2.75, 3.05) is 31.6 Å². The molecule has 1 aromatic carbocycles. The van der Waals surface area contributed by atoms with Crippen LogP contribution < -0.4 is 9.64 Å². The number of likely N-dealkylation sites (tertiary alicyclic amines) is 1. The van der Waals surface area contributed by atoms with Crippen molar-refractivity contribution < 1.29 is 28.6 Å². The molecule has 0 spiro atoms. The fourth-order valence-electron chi connectivity index (χ4n) is 7.18. The van der Waals surface area contributed by atoms with Crippen molar-refractivity contribution in [2.45, 2.75) is 89.3 Å².